The Bertz CT molecular complexity index is 314. The van der Waals surface area contributed by atoms with Gasteiger partial charge in [0.15, 0.2) is 0 Å². The first-order valence-electron chi connectivity index (χ1n) is 6.14. The van der Waals surface area contributed by atoms with Crippen molar-refractivity contribution in [2.75, 3.05) is 18.9 Å². The Kier molecular flexibility index (Phi) is 7.91. The Labute approximate surface area is 104 Å². The van der Waals surface area contributed by atoms with Gasteiger partial charge in [0.05, 0.1) is 26.2 Å². The number of carbonyl (C=O) groups is 1. The van der Waals surface area contributed by atoms with E-state index in [1.165, 1.54) is 0 Å². The predicted octanol–water partition coefficient (Wildman–Crippen LogP) is 3.01. The van der Waals surface area contributed by atoms with Gasteiger partial charge in [0.25, 0.3) is 0 Å². The fourth-order valence-electron chi connectivity index (χ4n) is 1.89. The Morgan fingerprint density at radius 1 is 1.35 bits per heavy atom. The van der Waals surface area contributed by atoms with Gasteiger partial charge in [-0.3, -0.25) is 4.79 Å². The maximum absolute atomic E-state index is 12.6. The first kappa shape index (κ1) is 16.2. The summed E-state index contributed by atoms with van der Waals surface area (Å²) >= 11 is 0. The van der Waals surface area contributed by atoms with Crippen LogP contribution in [-0.2, 0) is 14.1 Å². The molecule has 0 aromatic heterocycles. The Morgan fingerprint density at radius 2 is 1.94 bits per heavy atom. The summed E-state index contributed by atoms with van der Waals surface area (Å²) in [6.07, 6.45) is 2.20. The molecule has 0 aliphatic rings. The van der Waals surface area contributed by atoms with Gasteiger partial charge in [-0.05, 0) is 25.7 Å². The summed E-state index contributed by atoms with van der Waals surface area (Å²) in [5, 5.41) is 8.61. The third-order valence-electron chi connectivity index (χ3n) is 3.03. The lowest BCUT2D eigenvalue weighted by Gasteiger charge is -2.24. The number of hydrogen-bond donors (Lipinski definition) is 0. The van der Waals surface area contributed by atoms with E-state index in [4.69, 9.17) is 10.00 Å². The van der Waals surface area contributed by atoms with Crippen molar-refractivity contribution in [1.29, 1.82) is 5.26 Å². The van der Waals surface area contributed by atoms with Gasteiger partial charge in [0.2, 0.25) is 0 Å². The molecule has 0 heterocycles. The number of hydrogen-bond acceptors (Lipinski definition) is 4. The third kappa shape index (κ3) is 5.37. The van der Waals surface area contributed by atoms with Gasteiger partial charge in [0.1, 0.15) is 0 Å². The van der Waals surface area contributed by atoms with Crippen LogP contribution in [0, 0.1) is 11.3 Å². The maximum Gasteiger partial charge on any atom is 0.306 e. The van der Waals surface area contributed by atoms with Crippen molar-refractivity contribution in [2.24, 2.45) is 0 Å². The Hall–Kier alpha value is -0.810. The summed E-state index contributed by atoms with van der Waals surface area (Å²) in [6.45, 7) is 5.86. The van der Waals surface area contributed by atoms with Crippen molar-refractivity contribution >= 4 is 13.1 Å². The Balaban J connectivity index is 4.69. The number of esters is 1. The van der Waals surface area contributed by atoms with Crippen LogP contribution in [0.25, 0.3) is 0 Å². The topological polar surface area (TPSA) is 67.2 Å². The molecule has 0 spiro atoms. The molecule has 17 heavy (non-hydrogen) atoms. The molecule has 0 radical (unpaired) electrons. The number of nitrogens with zero attached hydrogens (tertiary/aromatic N) is 1. The van der Waals surface area contributed by atoms with Gasteiger partial charge >= 0.3 is 5.97 Å². The highest BCUT2D eigenvalue weighted by Crippen LogP contribution is 2.53. The summed E-state index contributed by atoms with van der Waals surface area (Å²) in [5.74, 6) is -0.308. The quantitative estimate of drug-likeness (QED) is 0.496. The van der Waals surface area contributed by atoms with E-state index in [9.17, 15) is 9.36 Å². The second kappa shape index (κ2) is 8.31. The van der Waals surface area contributed by atoms with Crippen LogP contribution >= 0.6 is 7.14 Å². The van der Waals surface area contributed by atoms with Crippen LogP contribution in [0.5, 0.6) is 0 Å². The molecular weight excluding hydrogens is 237 g/mol. The van der Waals surface area contributed by atoms with Crippen LogP contribution in [0.3, 0.4) is 0 Å². The molecule has 1 unspecified atom stereocenters. The average molecular weight is 259 g/mol. The zero-order chi connectivity index (χ0) is 13.3. The van der Waals surface area contributed by atoms with Crippen LogP contribution in [0.4, 0.5) is 0 Å². The molecule has 0 N–H and O–H groups in total. The minimum absolute atomic E-state index is 0.175. The first-order chi connectivity index (χ1) is 8.03. The van der Waals surface area contributed by atoms with Crippen molar-refractivity contribution in [3.8, 4) is 6.07 Å². The van der Waals surface area contributed by atoms with E-state index >= 15 is 0 Å². The first-order valence-corrected chi connectivity index (χ1v) is 8.29. The molecule has 0 saturated heterocycles. The molecule has 0 fully saturated rings. The van der Waals surface area contributed by atoms with E-state index in [0.29, 0.717) is 31.8 Å². The molecule has 0 bridgehead atoms. The number of ether oxygens (including phenoxy) is 1. The van der Waals surface area contributed by atoms with Gasteiger partial charge in [-0.15, -0.1) is 0 Å². The minimum atomic E-state index is -2.35. The number of nitriles is 1. The van der Waals surface area contributed by atoms with E-state index in [1.807, 2.05) is 13.8 Å². The summed E-state index contributed by atoms with van der Waals surface area (Å²) < 4.78 is 17.5. The van der Waals surface area contributed by atoms with Gasteiger partial charge in [-0.2, -0.15) is 5.26 Å². The Morgan fingerprint density at radius 3 is 2.35 bits per heavy atom. The molecule has 0 aliphatic carbocycles. The lowest BCUT2D eigenvalue weighted by molar-refractivity contribution is -0.143. The predicted molar refractivity (Wildman–Crippen MR) is 68.6 cm³/mol. The van der Waals surface area contributed by atoms with E-state index < -0.39 is 7.14 Å². The summed E-state index contributed by atoms with van der Waals surface area (Å²) in [7, 11) is -2.35. The van der Waals surface area contributed by atoms with Gasteiger partial charge < -0.3 is 9.30 Å². The average Bonchev–Trinajstić information content (AvgIpc) is 2.33. The largest absolute Gasteiger partial charge is 0.466 e. The fraction of sp³-hybridized carbons (Fsp3) is 0.833. The van der Waals surface area contributed by atoms with E-state index in [-0.39, 0.29) is 18.0 Å². The lowest BCUT2D eigenvalue weighted by Crippen LogP contribution is -2.18. The SMILES string of the molecule is CCOC(=O)CC(CCC#N)P(=O)(CC)CC. The summed E-state index contributed by atoms with van der Waals surface area (Å²) in [6, 6.07) is 2.05. The molecule has 0 aromatic carbocycles. The molecule has 0 aliphatic heterocycles. The highest BCUT2D eigenvalue weighted by atomic mass is 31.2. The zero-order valence-corrected chi connectivity index (χ0v) is 11.8. The van der Waals surface area contributed by atoms with Crippen LogP contribution in [-0.4, -0.2) is 30.6 Å². The molecule has 0 aromatic rings. The van der Waals surface area contributed by atoms with Crippen LogP contribution in [0.2, 0.25) is 0 Å². The standard InChI is InChI=1S/C12H22NO3P/c1-4-16-12(14)10-11(8-7-9-13)17(15,5-2)6-3/h11H,4-8,10H2,1-3H3. The van der Waals surface area contributed by atoms with Crippen LogP contribution < -0.4 is 0 Å². The minimum Gasteiger partial charge on any atom is -0.466 e. The van der Waals surface area contributed by atoms with Gasteiger partial charge in [-0.25, -0.2) is 0 Å². The van der Waals surface area contributed by atoms with E-state index in [1.54, 1.807) is 6.92 Å². The van der Waals surface area contributed by atoms with E-state index in [2.05, 4.69) is 6.07 Å². The van der Waals surface area contributed by atoms with Crippen LogP contribution in [0.1, 0.15) is 40.0 Å². The van der Waals surface area contributed by atoms with Crippen molar-refractivity contribution in [2.45, 2.75) is 45.7 Å². The smallest absolute Gasteiger partial charge is 0.306 e. The van der Waals surface area contributed by atoms with Gasteiger partial charge in [0, 0.05) is 12.1 Å². The molecular formula is C12H22NO3P. The number of carbonyl (C=O) groups excluding carboxylic acids is 1. The fourth-order valence-corrected chi connectivity index (χ4v) is 4.45. The summed E-state index contributed by atoms with van der Waals surface area (Å²) in [4.78, 5) is 11.5. The maximum atomic E-state index is 12.6. The normalized spacial score (nSPS) is 12.8. The molecule has 0 saturated carbocycles. The second-order valence-electron chi connectivity index (χ2n) is 3.94. The molecule has 0 amide bonds. The van der Waals surface area contributed by atoms with E-state index in [0.717, 1.165) is 0 Å². The van der Waals surface area contributed by atoms with Crippen LogP contribution in [0.15, 0.2) is 0 Å². The number of rotatable bonds is 8. The van der Waals surface area contributed by atoms with Crippen molar-refractivity contribution < 1.29 is 14.1 Å². The molecule has 98 valence electrons. The second-order valence-corrected chi connectivity index (χ2v) is 7.84. The van der Waals surface area contributed by atoms with Crippen molar-refractivity contribution in [1.82, 2.24) is 0 Å². The van der Waals surface area contributed by atoms with Crippen molar-refractivity contribution in [3.63, 3.8) is 0 Å². The highest BCUT2D eigenvalue weighted by Gasteiger charge is 2.31. The molecule has 0 rings (SSSR count). The van der Waals surface area contributed by atoms with Gasteiger partial charge in [-0.1, -0.05) is 13.8 Å². The monoisotopic (exact) mass is 259 g/mol. The third-order valence-corrected chi connectivity index (χ3v) is 6.95. The zero-order valence-electron chi connectivity index (χ0n) is 10.9. The van der Waals surface area contributed by atoms with Crippen molar-refractivity contribution in [3.05, 3.63) is 0 Å². The molecule has 5 heteroatoms. The molecule has 1 atom stereocenters. The summed E-state index contributed by atoms with van der Waals surface area (Å²) in [5.41, 5.74) is -0.198. The highest BCUT2D eigenvalue weighted by molar-refractivity contribution is 7.64. The lowest BCUT2D eigenvalue weighted by atomic mass is 10.2. The molecule has 4 nitrogen and oxygen atoms in total.